The standard InChI is InChI=1S/C29H30ClN3O3S/c1-17(2)36-28(35)25-19(4)31-29-33(26(25)20-7-10-22(30)11-8-20)27(34)24(37-29)16-21-9-12-23(15-18(21)3)32-13-5-6-14-32/h7-12,15-17,26H,5-6,13-14H2,1-4H3/b24-16+/t26-/m1/s1. The highest BCUT2D eigenvalue weighted by atomic mass is 35.5. The number of aryl methyl sites for hydroxylation is 1. The number of benzene rings is 2. The van der Waals surface area contributed by atoms with Gasteiger partial charge in [0, 0.05) is 23.8 Å². The Morgan fingerprint density at radius 3 is 2.49 bits per heavy atom. The van der Waals surface area contributed by atoms with Crippen LogP contribution in [0.3, 0.4) is 0 Å². The molecule has 0 aliphatic carbocycles. The number of esters is 1. The van der Waals surface area contributed by atoms with Crippen molar-refractivity contribution in [2.45, 2.75) is 52.7 Å². The van der Waals surface area contributed by atoms with Gasteiger partial charge in [-0.3, -0.25) is 9.36 Å². The number of ether oxygens (including phenoxy) is 1. The monoisotopic (exact) mass is 535 g/mol. The third-order valence-corrected chi connectivity index (χ3v) is 8.02. The minimum atomic E-state index is -0.652. The summed E-state index contributed by atoms with van der Waals surface area (Å²) in [6, 6.07) is 12.9. The number of hydrogen-bond acceptors (Lipinski definition) is 6. The zero-order chi connectivity index (χ0) is 26.3. The Balaban J connectivity index is 1.63. The van der Waals surface area contributed by atoms with Crippen molar-refractivity contribution in [2.24, 2.45) is 4.99 Å². The summed E-state index contributed by atoms with van der Waals surface area (Å²) in [6.07, 6.45) is 4.08. The molecule has 1 fully saturated rings. The van der Waals surface area contributed by atoms with Crippen LogP contribution in [0.4, 0.5) is 5.69 Å². The van der Waals surface area contributed by atoms with Crippen molar-refractivity contribution in [3.63, 3.8) is 0 Å². The average molecular weight is 536 g/mol. The van der Waals surface area contributed by atoms with Crippen LogP contribution in [0.25, 0.3) is 6.08 Å². The highest BCUT2D eigenvalue weighted by Crippen LogP contribution is 2.31. The Bertz CT molecular complexity index is 1560. The molecule has 2 aromatic carbocycles. The van der Waals surface area contributed by atoms with Gasteiger partial charge >= 0.3 is 5.97 Å². The normalized spacial score (nSPS) is 17.8. The third-order valence-electron chi connectivity index (χ3n) is 6.78. The fourth-order valence-corrected chi connectivity index (χ4v) is 6.12. The van der Waals surface area contributed by atoms with Crippen LogP contribution in [0.2, 0.25) is 5.02 Å². The van der Waals surface area contributed by atoms with Gasteiger partial charge in [-0.1, -0.05) is 41.1 Å². The lowest BCUT2D eigenvalue weighted by atomic mass is 9.96. The van der Waals surface area contributed by atoms with E-state index in [0.717, 1.165) is 29.8 Å². The van der Waals surface area contributed by atoms with E-state index in [9.17, 15) is 9.59 Å². The van der Waals surface area contributed by atoms with Gasteiger partial charge in [0.2, 0.25) is 0 Å². The van der Waals surface area contributed by atoms with Crippen molar-refractivity contribution < 1.29 is 9.53 Å². The predicted octanol–water partition coefficient (Wildman–Crippen LogP) is 4.75. The van der Waals surface area contributed by atoms with E-state index in [0.29, 0.717) is 25.6 Å². The molecule has 5 rings (SSSR count). The molecule has 0 amide bonds. The topological polar surface area (TPSA) is 63.9 Å². The van der Waals surface area contributed by atoms with Gasteiger partial charge in [0.05, 0.1) is 27.9 Å². The van der Waals surface area contributed by atoms with Crippen molar-refractivity contribution in [1.82, 2.24) is 4.57 Å². The second kappa shape index (κ2) is 10.3. The number of carbonyl (C=O) groups excluding carboxylic acids is 1. The van der Waals surface area contributed by atoms with Gasteiger partial charge in [-0.2, -0.15) is 0 Å². The van der Waals surface area contributed by atoms with Crippen molar-refractivity contribution in [2.75, 3.05) is 18.0 Å². The first-order chi connectivity index (χ1) is 17.7. The summed E-state index contributed by atoms with van der Waals surface area (Å²) in [5.41, 5.74) is 4.82. The first kappa shape index (κ1) is 25.5. The number of nitrogens with zero attached hydrogens (tertiary/aromatic N) is 3. The number of thiazole rings is 1. The van der Waals surface area contributed by atoms with Gasteiger partial charge in [-0.25, -0.2) is 9.79 Å². The molecule has 6 nitrogen and oxygen atoms in total. The van der Waals surface area contributed by atoms with Gasteiger partial charge in [0.25, 0.3) is 5.56 Å². The van der Waals surface area contributed by atoms with Crippen LogP contribution in [0.5, 0.6) is 0 Å². The lowest BCUT2D eigenvalue weighted by Crippen LogP contribution is -2.40. The molecule has 1 saturated heterocycles. The minimum absolute atomic E-state index is 0.186. The Hall–Kier alpha value is -3.16. The lowest BCUT2D eigenvalue weighted by Gasteiger charge is -2.25. The first-order valence-electron chi connectivity index (χ1n) is 12.6. The molecular formula is C29H30ClN3O3S. The Morgan fingerprint density at radius 1 is 1.14 bits per heavy atom. The zero-order valence-corrected chi connectivity index (χ0v) is 23.0. The van der Waals surface area contributed by atoms with Gasteiger partial charge < -0.3 is 9.64 Å². The number of rotatable bonds is 5. The highest BCUT2D eigenvalue weighted by molar-refractivity contribution is 7.07. The van der Waals surface area contributed by atoms with Crippen LogP contribution in [-0.2, 0) is 9.53 Å². The van der Waals surface area contributed by atoms with Crippen LogP contribution < -0.4 is 19.8 Å². The smallest absolute Gasteiger partial charge is 0.338 e. The van der Waals surface area contributed by atoms with E-state index >= 15 is 0 Å². The van der Waals surface area contributed by atoms with Crippen LogP contribution >= 0.6 is 22.9 Å². The molecule has 0 saturated carbocycles. The van der Waals surface area contributed by atoms with E-state index < -0.39 is 12.0 Å². The molecule has 37 heavy (non-hydrogen) atoms. The molecule has 3 heterocycles. The fraction of sp³-hybridized carbons (Fsp3) is 0.345. The van der Waals surface area contributed by atoms with Crippen LogP contribution in [0, 0.1) is 6.92 Å². The molecule has 0 N–H and O–H groups in total. The maximum absolute atomic E-state index is 13.8. The van der Waals surface area contributed by atoms with Crippen LogP contribution in [0.1, 0.15) is 56.3 Å². The molecule has 2 aliphatic rings. The number of anilines is 1. The molecule has 1 atom stereocenters. The number of hydrogen-bond donors (Lipinski definition) is 0. The summed E-state index contributed by atoms with van der Waals surface area (Å²) in [5, 5.41) is 0.580. The number of fused-ring (bicyclic) bond motifs is 1. The maximum atomic E-state index is 13.8. The summed E-state index contributed by atoms with van der Waals surface area (Å²) in [4.78, 5) is 34.6. The molecule has 192 valence electrons. The molecule has 0 radical (unpaired) electrons. The Kier molecular flexibility index (Phi) is 7.10. The van der Waals surface area contributed by atoms with Crippen molar-refractivity contribution in [3.8, 4) is 0 Å². The SMILES string of the molecule is CC1=C(C(=O)OC(C)C)[C@@H](c2ccc(Cl)cc2)n2c(s/c(=C/c3ccc(N4CCCC4)cc3C)c2=O)=N1. The zero-order valence-electron chi connectivity index (χ0n) is 21.5. The minimum Gasteiger partial charge on any atom is -0.459 e. The van der Waals surface area contributed by atoms with Crippen LogP contribution in [-0.4, -0.2) is 29.7 Å². The van der Waals surface area contributed by atoms with E-state index in [1.807, 2.05) is 18.2 Å². The Labute approximate surface area is 225 Å². The summed E-state index contributed by atoms with van der Waals surface area (Å²) in [5.74, 6) is -0.473. The van der Waals surface area contributed by atoms with E-state index in [4.69, 9.17) is 16.3 Å². The number of halogens is 1. The average Bonchev–Trinajstić information content (AvgIpc) is 3.48. The van der Waals surface area contributed by atoms with Gasteiger partial charge in [0.15, 0.2) is 4.80 Å². The molecular weight excluding hydrogens is 506 g/mol. The van der Waals surface area contributed by atoms with Crippen LogP contribution in [0.15, 0.2) is 63.5 Å². The summed E-state index contributed by atoms with van der Waals surface area (Å²) in [7, 11) is 0. The van der Waals surface area contributed by atoms with E-state index in [2.05, 4.69) is 35.0 Å². The number of carbonyl (C=O) groups is 1. The summed E-state index contributed by atoms with van der Waals surface area (Å²) >= 11 is 7.48. The van der Waals surface area contributed by atoms with Gasteiger partial charge in [0.1, 0.15) is 0 Å². The summed E-state index contributed by atoms with van der Waals surface area (Å²) < 4.78 is 7.73. The largest absolute Gasteiger partial charge is 0.459 e. The Morgan fingerprint density at radius 2 is 1.84 bits per heavy atom. The van der Waals surface area contributed by atoms with Gasteiger partial charge in [-0.15, -0.1) is 0 Å². The molecule has 0 bridgehead atoms. The quantitative estimate of drug-likeness (QED) is 0.442. The molecule has 8 heteroatoms. The second-order valence-electron chi connectivity index (χ2n) is 9.82. The predicted molar refractivity (Wildman–Crippen MR) is 149 cm³/mol. The molecule has 1 aromatic heterocycles. The van der Waals surface area contributed by atoms with E-state index in [-0.39, 0.29) is 11.7 Å². The van der Waals surface area contributed by atoms with Crippen molar-refractivity contribution in [3.05, 3.63) is 95.1 Å². The van der Waals surface area contributed by atoms with Crippen molar-refractivity contribution in [1.29, 1.82) is 0 Å². The summed E-state index contributed by atoms with van der Waals surface area (Å²) in [6.45, 7) is 9.64. The molecule has 0 spiro atoms. The van der Waals surface area contributed by atoms with Crippen molar-refractivity contribution >= 4 is 40.7 Å². The van der Waals surface area contributed by atoms with E-state index in [1.165, 1.54) is 29.9 Å². The maximum Gasteiger partial charge on any atom is 0.338 e. The third kappa shape index (κ3) is 5.03. The highest BCUT2D eigenvalue weighted by Gasteiger charge is 2.33. The molecule has 0 unspecified atom stereocenters. The number of allylic oxidation sites excluding steroid dienone is 1. The van der Waals surface area contributed by atoms with E-state index in [1.54, 1.807) is 37.5 Å². The number of aromatic nitrogens is 1. The van der Waals surface area contributed by atoms with Gasteiger partial charge in [-0.05, 0) is 87.6 Å². The lowest BCUT2D eigenvalue weighted by molar-refractivity contribution is -0.143. The first-order valence-corrected chi connectivity index (χ1v) is 13.8. The molecule has 3 aromatic rings. The second-order valence-corrected chi connectivity index (χ2v) is 11.3. The fourth-order valence-electron chi connectivity index (χ4n) is 4.96. The molecule has 2 aliphatic heterocycles.